The second-order valence-corrected chi connectivity index (χ2v) is 12.6. The van der Waals surface area contributed by atoms with E-state index in [-0.39, 0.29) is 30.1 Å². The van der Waals surface area contributed by atoms with Gasteiger partial charge in [0.2, 0.25) is 15.9 Å². The summed E-state index contributed by atoms with van der Waals surface area (Å²) in [7, 11) is -4.51. The number of piperidine rings is 1. The van der Waals surface area contributed by atoms with Gasteiger partial charge in [-0.15, -0.1) is 0 Å². The van der Waals surface area contributed by atoms with Gasteiger partial charge >= 0.3 is 0 Å². The minimum Gasteiger partial charge on any atom is -0.490 e. The Morgan fingerprint density at radius 1 is 0.975 bits per heavy atom. The molecule has 2 aliphatic rings. The second kappa shape index (κ2) is 11.4. The molecule has 1 aliphatic carbocycles. The van der Waals surface area contributed by atoms with E-state index in [1.54, 1.807) is 25.1 Å². The van der Waals surface area contributed by atoms with Gasteiger partial charge in [-0.25, -0.2) is 8.42 Å². The van der Waals surface area contributed by atoms with Crippen LogP contribution in [0.4, 0.5) is 8.78 Å². The predicted molar refractivity (Wildman–Crippen MR) is 150 cm³/mol. The van der Waals surface area contributed by atoms with Crippen molar-refractivity contribution in [3.05, 3.63) is 71.8 Å². The van der Waals surface area contributed by atoms with Crippen LogP contribution in [0, 0.1) is 6.92 Å². The largest absolute Gasteiger partial charge is 0.490 e. The summed E-state index contributed by atoms with van der Waals surface area (Å²) in [6.45, 7) is 2.13. The summed E-state index contributed by atoms with van der Waals surface area (Å²) in [4.78, 5) is 14.5. The van der Waals surface area contributed by atoms with Crippen LogP contribution in [0.15, 0.2) is 65.6 Å². The number of nitrogens with zero attached hydrogens (tertiary/aromatic N) is 1. The molecule has 5 rings (SSSR count). The summed E-state index contributed by atoms with van der Waals surface area (Å²) < 4.78 is 67.0. The fraction of sp³-hybridized carbons (Fsp3) is 0.433. The predicted octanol–water partition coefficient (Wildman–Crippen LogP) is 4.86. The van der Waals surface area contributed by atoms with Gasteiger partial charge in [-0.2, -0.15) is 13.5 Å². The first-order valence-corrected chi connectivity index (χ1v) is 15.2. The molecule has 0 bridgehead atoms. The number of carbonyl (C=O) groups excluding carboxylic acids is 1. The average molecular weight is 572 g/mol. The van der Waals surface area contributed by atoms with Crippen molar-refractivity contribution in [1.29, 1.82) is 0 Å². The molecule has 2 fully saturated rings. The van der Waals surface area contributed by atoms with E-state index >= 15 is 8.78 Å². The van der Waals surface area contributed by atoms with Crippen LogP contribution < -0.4 is 15.2 Å². The number of hydrogen-bond donors (Lipinski definition) is 2. The Labute approximate surface area is 233 Å². The zero-order chi connectivity index (χ0) is 28.5. The van der Waals surface area contributed by atoms with Crippen LogP contribution in [0.3, 0.4) is 0 Å². The van der Waals surface area contributed by atoms with E-state index in [9.17, 15) is 13.2 Å². The molecular weight excluding hydrogens is 536 g/mol. The normalized spacial score (nSPS) is 18.2. The summed E-state index contributed by atoms with van der Waals surface area (Å²) in [6, 6.07) is 12.8. The van der Waals surface area contributed by atoms with Crippen LogP contribution in [-0.2, 0) is 20.7 Å². The van der Waals surface area contributed by atoms with E-state index in [0.29, 0.717) is 24.0 Å². The van der Waals surface area contributed by atoms with Gasteiger partial charge in [0.25, 0.3) is 5.92 Å². The first-order valence-electron chi connectivity index (χ1n) is 13.7. The lowest BCUT2D eigenvalue weighted by molar-refractivity contribution is -0.145. The number of alkyl halides is 2. The molecule has 40 heavy (non-hydrogen) atoms. The maximum absolute atomic E-state index is 15.9. The maximum Gasteiger partial charge on any atom is 0.298 e. The number of sulfonamides is 1. The molecule has 7 nitrogen and oxygen atoms in total. The molecule has 10 heteroatoms. The Morgan fingerprint density at radius 3 is 2.27 bits per heavy atom. The topological polar surface area (TPSA) is 102 Å². The third-order valence-corrected chi connectivity index (χ3v) is 9.29. The van der Waals surface area contributed by atoms with E-state index < -0.39 is 33.5 Å². The van der Waals surface area contributed by atoms with Crippen molar-refractivity contribution in [2.24, 2.45) is 5.73 Å². The molecule has 0 unspecified atom stereocenters. The first kappa shape index (κ1) is 28.4. The summed E-state index contributed by atoms with van der Waals surface area (Å²) in [6.07, 6.45) is 5.41. The van der Waals surface area contributed by atoms with Crippen molar-refractivity contribution in [2.75, 3.05) is 13.1 Å². The van der Waals surface area contributed by atoms with E-state index in [0.717, 1.165) is 36.6 Å². The second-order valence-electron chi connectivity index (χ2n) is 10.9. The lowest BCUT2D eigenvalue weighted by Crippen LogP contribution is -2.57. The van der Waals surface area contributed by atoms with E-state index in [2.05, 4.69) is 4.72 Å². The molecule has 0 spiro atoms. The molecule has 1 heterocycles. The van der Waals surface area contributed by atoms with Gasteiger partial charge in [0.15, 0.2) is 6.04 Å². The average Bonchev–Trinajstić information content (AvgIpc) is 3.45. The molecule has 3 N–H and O–H groups in total. The molecule has 1 saturated carbocycles. The van der Waals surface area contributed by atoms with Gasteiger partial charge in [0.1, 0.15) is 5.75 Å². The molecule has 3 aromatic carbocycles. The third-order valence-electron chi connectivity index (χ3n) is 7.87. The van der Waals surface area contributed by atoms with Crippen LogP contribution in [0.5, 0.6) is 5.75 Å². The van der Waals surface area contributed by atoms with Crippen molar-refractivity contribution in [2.45, 2.75) is 74.5 Å². The molecular formula is C30H35F2N3O4S. The van der Waals surface area contributed by atoms with Gasteiger partial charge in [0.05, 0.1) is 11.0 Å². The fourth-order valence-electron chi connectivity index (χ4n) is 5.39. The number of nitrogens with one attached hydrogen (secondary N) is 1. The van der Waals surface area contributed by atoms with Crippen molar-refractivity contribution in [3.63, 3.8) is 0 Å². The number of amides is 1. The maximum atomic E-state index is 15.9. The number of hydrogen-bond acceptors (Lipinski definition) is 5. The minimum atomic E-state index is -4.51. The van der Waals surface area contributed by atoms with Crippen LogP contribution in [0.25, 0.3) is 10.8 Å². The molecule has 0 aromatic heterocycles. The number of aryl methyl sites for hydroxylation is 1. The van der Waals surface area contributed by atoms with E-state index in [1.807, 2.05) is 6.07 Å². The quantitative estimate of drug-likeness (QED) is 0.402. The number of benzene rings is 3. The number of carbonyl (C=O) groups is 1. The molecule has 3 aromatic rings. The number of rotatable bonds is 8. The molecule has 0 radical (unpaired) electrons. The number of fused-ring (bicyclic) bond motifs is 1. The lowest BCUT2D eigenvalue weighted by Gasteiger charge is -2.35. The van der Waals surface area contributed by atoms with Crippen molar-refractivity contribution < 1.29 is 26.7 Å². The van der Waals surface area contributed by atoms with Crippen molar-refractivity contribution >= 4 is 26.7 Å². The highest BCUT2D eigenvalue weighted by atomic mass is 32.2. The summed E-state index contributed by atoms with van der Waals surface area (Å²) >= 11 is 0. The lowest BCUT2D eigenvalue weighted by atomic mass is 9.98. The third kappa shape index (κ3) is 6.14. The number of nitrogens with two attached hydrogens (primary N) is 1. The zero-order valence-electron chi connectivity index (χ0n) is 22.5. The van der Waals surface area contributed by atoms with Gasteiger partial charge in [0, 0.05) is 24.7 Å². The molecule has 1 aliphatic heterocycles. The van der Waals surface area contributed by atoms with Crippen LogP contribution in [0.1, 0.15) is 49.7 Å². The fourth-order valence-corrected chi connectivity index (χ4v) is 6.61. The smallest absolute Gasteiger partial charge is 0.298 e. The van der Waals surface area contributed by atoms with Gasteiger partial charge in [-0.05, 0) is 80.5 Å². The highest BCUT2D eigenvalue weighted by Crippen LogP contribution is 2.35. The Morgan fingerprint density at radius 2 is 1.60 bits per heavy atom. The van der Waals surface area contributed by atoms with Gasteiger partial charge in [-0.3, -0.25) is 4.79 Å². The van der Waals surface area contributed by atoms with E-state index in [4.69, 9.17) is 10.5 Å². The monoisotopic (exact) mass is 571 g/mol. The van der Waals surface area contributed by atoms with Crippen LogP contribution in [0.2, 0.25) is 0 Å². The van der Waals surface area contributed by atoms with Gasteiger partial charge < -0.3 is 15.4 Å². The number of halogens is 2. The van der Waals surface area contributed by atoms with Crippen LogP contribution >= 0.6 is 0 Å². The van der Waals surface area contributed by atoms with Crippen LogP contribution in [-0.4, -0.2) is 50.5 Å². The number of ether oxygens (including phenoxy) is 1. The van der Waals surface area contributed by atoms with Gasteiger partial charge in [-0.1, -0.05) is 42.0 Å². The minimum absolute atomic E-state index is 0.126. The Kier molecular flexibility index (Phi) is 8.13. The Bertz CT molecular complexity index is 1470. The first-order chi connectivity index (χ1) is 19.0. The standard InChI is InChI=1S/C30H35F2N3O4S/c1-20-6-10-23(11-7-20)30(31,32)28(29(36)35-16-14-24(33)15-17-35)34-40(37,38)27-13-9-21-18-26(12-8-22(21)19-27)39-25-4-2-3-5-25/h6-13,18-19,24-25,28,34H,2-5,14-17,33H2,1H3/t28-/m1/s1. The SMILES string of the molecule is Cc1ccc(C(F)(F)[C@H](NS(=O)(=O)c2ccc3cc(OC4CCCC4)ccc3c2)C(=O)N2CCC(N)CC2)cc1. The summed E-state index contributed by atoms with van der Waals surface area (Å²) in [5.41, 5.74) is 6.25. The highest BCUT2D eigenvalue weighted by Gasteiger charge is 2.50. The molecule has 1 saturated heterocycles. The summed E-state index contributed by atoms with van der Waals surface area (Å²) in [5.74, 6) is -4.07. The Balaban J connectivity index is 1.43. The van der Waals surface area contributed by atoms with E-state index in [1.165, 1.54) is 41.3 Å². The van der Waals surface area contributed by atoms with Crippen molar-refractivity contribution in [3.8, 4) is 5.75 Å². The highest BCUT2D eigenvalue weighted by molar-refractivity contribution is 7.89. The molecule has 1 atom stereocenters. The summed E-state index contributed by atoms with van der Waals surface area (Å²) in [5, 5.41) is 1.37. The zero-order valence-corrected chi connectivity index (χ0v) is 23.3. The number of likely N-dealkylation sites (tertiary alicyclic amines) is 1. The molecule has 214 valence electrons. The molecule has 1 amide bonds. The van der Waals surface area contributed by atoms with Crippen molar-refractivity contribution in [1.82, 2.24) is 9.62 Å². The Hall–Kier alpha value is -3.08.